The summed E-state index contributed by atoms with van der Waals surface area (Å²) in [5.74, 6) is 0.648. The molecular weight excluding hydrogens is 242 g/mol. The largest absolute Gasteiger partial charge is 0.504 e. The van der Waals surface area contributed by atoms with Crippen molar-refractivity contribution < 1.29 is 14.9 Å². The third-order valence-corrected chi connectivity index (χ3v) is 2.86. The Morgan fingerprint density at radius 3 is 2.16 bits per heavy atom. The van der Waals surface area contributed by atoms with E-state index in [0.717, 1.165) is 23.4 Å². The van der Waals surface area contributed by atoms with Gasteiger partial charge in [0.2, 0.25) is 0 Å². The molecule has 0 unspecified atom stereocenters. The molecule has 0 aromatic heterocycles. The number of phenolic OH excluding ortho intramolecular Hbond substituents is 2. The van der Waals surface area contributed by atoms with Gasteiger partial charge in [-0.3, -0.25) is 0 Å². The van der Waals surface area contributed by atoms with Crippen LogP contribution in [0.3, 0.4) is 0 Å². The van der Waals surface area contributed by atoms with Crippen molar-refractivity contribution in [1.82, 2.24) is 5.32 Å². The summed E-state index contributed by atoms with van der Waals surface area (Å²) < 4.78 is 5.10. The van der Waals surface area contributed by atoms with E-state index in [1.807, 2.05) is 24.3 Å². The number of hydrogen-bond donors (Lipinski definition) is 3. The maximum atomic E-state index is 9.38. The van der Waals surface area contributed by atoms with Gasteiger partial charge in [-0.25, -0.2) is 0 Å². The molecule has 4 heteroatoms. The van der Waals surface area contributed by atoms with Gasteiger partial charge in [0, 0.05) is 13.1 Å². The van der Waals surface area contributed by atoms with Crippen LogP contribution in [0.15, 0.2) is 42.5 Å². The number of rotatable bonds is 5. The van der Waals surface area contributed by atoms with E-state index in [1.54, 1.807) is 19.2 Å². The number of phenols is 2. The second kappa shape index (κ2) is 6.11. The maximum Gasteiger partial charge on any atom is 0.157 e. The molecular formula is C15H17NO3. The van der Waals surface area contributed by atoms with Crippen LogP contribution in [0.25, 0.3) is 0 Å². The third-order valence-electron chi connectivity index (χ3n) is 2.86. The van der Waals surface area contributed by atoms with Crippen molar-refractivity contribution in [3.63, 3.8) is 0 Å². The van der Waals surface area contributed by atoms with Gasteiger partial charge < -0.3 is 20.3 Å². The SMILES string of the molecule is COc1ccc(CNCc2ccc(O)c(O)c2)cc1. The molecule has 0 heterocycles. The van der Waals surface area contributed by atoms with E-state index < -0.39 is 0 Å². The summed E-state index contributed by atoms with van der Waals surface area (Å²) in [6.07, 6.45) is 0. The average molecular weight is 259 g/mol. The van der Waals surface area contributed by atoms with Gasteiger partial charge in [0.25, 0.3) is 0 Å². The zero-order valence-electron chi connectivity index (χ0n) is 10.8. The normalized spacial score (nSPS) is 10.4. The summed E-state index contributed by atoms with van der Waals surface area (Å²) >= 11 is 0. The van der Waals surface area contributed by atoms with Crippen LogP contribution < -0.4 is 10.1 Å². The van der Waals surface area contributed by atoms with E-state index in [-0.39, 0.29) is 11.5 Å². The summed E-state index contributed by atoms with van der Waals surface area (Å²) in [7, 11) is 1.64. The van der Waals surface area contributed by atoms with E-state index in [9.17, 15) is 10.2 Å². The van der Waals surface area contributed by atoms with Crippen LogP contribution in [0.5, 0.6) is 17.2 Å². The first-order valence-corrected chi connectivity index (χ1v) is 6.03. The minimum Gasteiger partial charge on any atom is -0.504 e. The summed E-state index contributed by atoms with van der Waals surface area (Å²) in [6, 6.07) is 12.7. The molecule has 0 fully saturated rings. The van der Waals surface area contributed by atoms with Gasteiger partial charge in [0.05, 0.1) is 7.11 Å². The molecule has 0 aliphatic carbocycles. The van der Waals surface area contributed by atoms with Gasteiger partial charge in [-0.1, -0.05) is 18.2 Å². The van der Waals surface area contributed by atoms with Crippen LogP contribution in [0, 0.1) is 0 Å². The van der Waals surface area contributed by atoms with E-state index >= 15 is 0 Å². The fourth-order valence-corrected chi connectivity index (χ4v) is 1.77. The average Bonchev–Trinajstić information content (AvgIpc) is 2.43. The highest BCUT2D eigenvalue weighted by Crippen LogP contribution is 2.24. The minimum absolute atomic E-state index is 0.0938. The summed E-state index contributed by atoms with van der Waals surface area (Å²) in [5.41, 5.74) is 2.08. The Balaban J connectivity index is 1.86. The van der Waals surface area contributed by atoms with Crippen LogP contribution in [0.2, 0.25) is 0 Å². The molecule has 2 aromatic rings. The second-order valence-corrected chi connectivity index (χ2v) is 4.27. The van der Waals surface area contributed by atoms with Gasteiger partial charge in [-0.05, 0) is 35.4 Å². The Bertz CT molecular complexity index is 538. The molecule has 0 aliphatic heterocycles. The van der Waals surface area contributed by atoms with E-state index in [1.165, 1.54) is 6.07 Å². The lowest BCUT2D eigenvalue weighted by molar-refractivity contribution is 0.403. The Hall–Kier alpha value is -2.20. The molecule has 0 atom stereocenters. The van der Waals surface area contributed by atoms with Crippen LogP contribution in [0.1, 0.15) is 11.1 Å². The molecule has 0 saturated carbocycles. The van der Waals surface area contributed by atoms with Crippen molar-refractivity contribution in [2.45, 2.75) is 13.1 Å². The number of ether oxygens (including phenoxy) is 1. The first-order chi connectivity index (χ1) is 9.19. The first kappa shape index (κ1) is 13.2. The van der Waals surface area contributed by atoms with Crippen LogP contribution in [-0.2, 0) is 13.1 Å². The Morgan fingerprint density at radius 2 is 1.53 bits per heavy atom. The predicted octanol–water partition coefficient (Wildman–Crippen LogP) is 2.40. The molecule has 0 radical (unpaired) electrons. The highest BCUT2D eigenvalue weighted by Gasteiger charge is 2.00. The minimum atomic E-state index is -0.0982. The second-order valence-electron chi connectivity index (χ2n) is 4.27. The summed E-state index contributed by atoms with van der Waals surface area (Å²) in [5, 5.41) is 21.9. The summed E-state index contributed by atoms with van der Waals surface area (Å²) in [6.45, 7) is 1.35. The predicted molar refractivity (Wildman–Crippen MR) is 73.3 cm³/mol. The highest BCUT2D eigenvalue weighted by atomic mass is 16.5. The van der Waals surface area contributed by atoms with Gasteiger partial charge in [0.15, 0.2) is 11.5 Å². The van der Waals surface area contributed by atoms with Crippen molar-refractivity contribution in [3.8, 4) is 17.2 Å². The monoisotopic (exact) mass is 259 g/mol. The highest BCUT2D eigenvalue weighted by molar-refractivity contribution is 5.40. The van der Waals surface area contributed by atoms with E-state index in [4.69, 9.17) is 4.74 Å². The Labute approximate surface area is 112 Å². The molecule has 0 amide bonds. The summed E-state index contributed by atoms with van der Waals surface area (Å²) in [4.78, 5) is 0. The Kier molecular flexibility index (Phi) is 4.26. The van der Waals surface area contributed by atoms with Crippen molar-refractivity contribution in [2.75, 3.05) is 7.11 Å². The molecule has 4 nitrogen and oxygen atoms in total. The number of hydrogen-bond acceptors (Lipinski definition) is 4. The van der Waals surface area contributed by atoms with Gasteiger partial charge in [-0.2, -0.15) is 0 Å². The van der Waals surface area contributed by atoms with Gasteiger partial charge in [0.1, 0.15) is 5.75 Å². The van der Waals surface area contributed by atoms with Crippen molar-refractivity contribution in [3.05, 3.63) is 53.6 Å². The fourth-order valence-electron chi connectivity index (χ4n) is 1.77. The standard InChI is InChI=1S/C15H17NO3/c1-19-13-5-2-11(3-6-13)9-16-10-12-4-7-14(17)15(18)8-12/h2-8,16-18H,9-10H2,1H3. The third kappa shape index (κ3) is 3.63. The lowest BCUT2D eigenvalue weighted by Crippen LogP contribution is -2.12. The van der Waals surface area contributed by atoms with Crippen molar-refractivity contribution in [2.24, 2.45) is 0 Å². The van der Waals surface area contributed by atoms with Crippen molar-refractivity contribution >= 4 is 0 Å². The maximum absolute atomic E-state index is 9.38. The first-order valence-electron chi connectivity index (χ1n) is 6.03. The Morgan fingerprint density at radius 1 is 0.895 bits per heavy atom. The van der Waals surface area contributed by atoms with Crippen molar-refractivity contribution in [1.29, 1.82) is 0 Å². The molecule has 0 bridgehead atoms. The topological polar surface area (TPSA) is 61.7 Å². The number of methoxy groups -OCH3 is 1. The fraction of sp³-hybridized carbons (Fsp3) is 0.200. The zero-order valence-corrected chi connectivity index (χ0v) is 10.8. The lowest BCUT2D eigenvalue weighted by atomic mass is 10.2. The number of aromatic hydroxyl groups is 2. The number of nitrogens with one attached hydrogen (secondary N) is 1. The zero-order chi connectivity index (χ0) is 13.7. The number of benzene rings is 2. The quantitative estimate of drug-likeness (QED) is 0.722. The van der Waals surface area contributed by atoms with E-state index in [0.29, 0.717) is 6.54 Å². The lowest BCUT2D eigenvalue weighted by Gasteiger charge is -2.07. The molecule has 0 saturated heterocycles. The van der Waals surface area contributed by atoms with Crippen LogP contribution in [-0.4, -0.2) is 17.3 Å². The molecule has 100 valence electrons. The van der Waals surface area contributed by atoms with Crippen LogP contribution in [0.4, 0.5) is 0 Å². The molecule has 2 rings (SSSR count). The molecule has 0 aliphatic rings. The molecule has 19 heavy (non-hydrogen) atoms. The van der Waals surface area contributed by atoms with E-state index in [2.05, 4.69) is 5.32 Å². The van der Waals surface area contributed by atoms with Crippen LogP contribution >= 0.6 is 0 Å². The smallest absolute Gasteiger partial charge is 0.157 e. The molecule has 3 N–H and O–H groups in total. The molecule has 2 aromatic carbocycles. The van der Waals surface area contributed by atoms with Gasteiger partial charge in [-0.15, -0.1) is 0 Å². The molecule has 0 spiro atoms. The van der Waals surface area contributed by atoms with Gasteiger partial charge >= 0.3 is 0 Å².